The number of pyridine rings is 1. The Hall–Kier alpha value is -2.75. The molecule has 7 nitrogen and oxygen atoms in total. The van der Waals surface area contributed by atoms with E-state index in [1.165, 1.54) is 6.07 Å². The van der Waals surface area contributed by atoms with Crippen LogP contribution < -0.4 is 15.5 Å². The molecular formula is C18H19F3N6O. The van der Waals surface area contributed by atoms with Crippen molar-refractivity contribution in [1.29, 1.82) is 0 Å². The van der Waals surface area contributed by atoms with Crippen LogP contribution in [-0.2, 0) is 4.79 Å². The average molecular weight is 392 g/mol. The molecule has 0 aliphatic carbocycles. The van der Waals surface area contributed by atoms with Crippen LogP contribution >= 0.6 is 0 Å². The number of rotatable bonds is 3. The molecule has 1 amide bonds. The lowest BCUT2D eigenvalue weighted by molar-refractivity contribution is -0.117. The highest BCUT2D eigenvalue weighted by atomic mass is 19.3. The van der Waals surface area contributed by atoms with Crippen molar-refractivity contribution >= 4 is 17.5 Å². The molecule has 0 saturated carbocycles. The predicted octanol–water partition coefficient (Wildman–Crippen LogP) is 2.17. The maximum absolute atomic E-state index is 14.4. The Balaban J connectivity index is 1.80. The number of fused-ring (bicyclic) bond motifs is 1. The number of alkyl halides is 2. The first-order valence-corrected chi connectivity index (χ1v) is 9.01. The summed E-state index contributed by atoms with van der Waals surface area (Å²) in [6.07, 6.45) is -2.01. The molecule has 4 rings (SSSR count). The van der Waals surface area contributed by atoms with Crippen molar-refractivity contribution in [2.24, 2.45) is 0 Å². The summed E-state index contributed by atoms with van der Waals surface area (Å²) >= 11 is 0. The molecule has 4 heterocycles. The number of nitrogens with one attached hydrogen (secondary N) is 2. The number of nitrogens with zero attached hydrogens (tertiary/aromatic N) is 4. The predicted molar refractivity (Wildman–Crippen MR) is 96.9 cm³/mol. The van der Waals surface area contributed by atoms with E-state index in [9.17, 15) is 18.0 Å². The van der Waals surface area contributed by atoms with E-state index in [-0.39, 0.29) is 35.2 Å². The Morgan fingerprint density at radius 2 is 2.11 bits per heavy atom. The largest absolute Gasteiger partial charge is 0.354 e. The minimum Gasteiger partial charge on any atom is -0.354 e. The Bertz CT molecular complexity index is 909. The van der Waals surface area contributed by atoms with Crippen LogP contribution in [0.1, 0.15) is 24.8 Å². The summed E-state index contributed by atoms with van der Waals surface area (Å²) in [5.74, 6) is -2.00. The molecule has 2 aliphatic heterocycles. The summed E-state index contributed by atoms with van der Waals surface area (Å²) in [7, 11) is 0. The van der Waals surface area contributed by atoms with Crippen molar-refractivity contribution in [2.45, 2.75) is 31.7 Å². The highest BCUT2D eigenvalue weighted by Gasteiger charge is 2.36. The molecule has 0 aromatic carbocycles. The van der Waals surface area contributed by atoms with Gasteiger partial charge < -0.3 is 15.5 Å². The molecule has 0 bridgehead atoms. The van der Waals surface area contributed by atoms with Gasteiger partial charge in [0.1, 0.15) is 23.8 Å². The molecule has 2 N–H and O–H groups in total. The van der Waals surface area contributed by atoms with E-state index in [0.717, 1.165) is 18.9 Å². The Labute approximate surface area is 159 Å². The number of aromatic nitrogens is 3. The fourth-order valence-corrected chi connectivity index (χ4v) is 3.66. The number of halogens is 3. The number of piperazine rings is 1. The monoisotopic (exact) mass is 392 g/mol. The van der Waals surface area contributed by atoms with Crippen molar-refractivity contribution in [3.8, 4) is 11.4 Å². The van der Waals surface area contributed by atoms with Crippen LogP contribution in [0.25, 0.3) is 11.4 Å². The van der Waals surface area contributed by atoms with Gasteiger partial charge in [0.05, 0.1) is 17.3 Å². The molecule has 10 heteroatoms. The summed E-state index contributed by atoms with van der Waals surface area (Å²) in [6, 6.07) is 2.70. The number of carbonyl (C=O) groups is 1. The zero-order valence-corrected chi connectivity index (χ0v) is 15.1. The van der Waals surface area contributed by atoms with Crippen LogP contribution in [0.2, 0.25) is 0 Å². The smallest absolute Gasteiger partial charge is 0.246 e. The maximum atomic E-state index is 14.4. The minimum absolute atomic E-state index is 0.0231. The van der Waals surface area contributed by atoms with Gasteiger partial charge >= 0.3 is 0 Å². The van der Waals surface area contributed by atoms with Gasteiger partial charge in [-0.25, -0.2) is 28.1 Å². The highest BCUT2D eigenvalue weighted by molar-refractivity contribution is 5.95. The van der Waals surface area contributed by atoms with Crippen LogP contribution in [0, 0.1) is 5.82 Å². The quantitative estimate of drug-likeness (QED) is 0.833. The first kappa shape index (κ1) is 18.6. The van der Waals surface area contributed by atoms with Gasteiger partial charge in [-0.1, -0.05) is 0 Å². The van der Waals surface area contributed by atoms with Gasteiger partial charge in [0.2, 0.25) is 12.3 Å². The van der Waals surface area contributed by atoms with Gasteiger partial charge in [-0.15, -0.1) is 0 Å². The van der Waals surface area contributed by atoms with Gasteiger partial charge in [-0.3, -0.25) is 4.79 Å². The SMILES string of the molecule is C[C@H]1CN(c2cc(F)cc(-c3ncnc4c3[C@H](C(F)F)CC(=O)N4)n2)CCN1. The van der Waals surface area contributed by atoms with Gasteiger partial charge in [0, 0.05) is 49.8 Å². The van der Waals surface area contributed by atoms with E-state index in [1.54, 1.807) is 0 Å². The molecule has 2 atom stereocenters. The van der Waals surface area contributed by atoms with Gasteiger partial charge in [-0.05, 0) is 6.92 Å². The maximum Gasteiger partial charge on any atom is 0.246 e. The van der Waals surface area contributed by atoms with Gasteiger partial charge in [-0.2, -0.15) is 0 Å². The number of carbonyl (C=O) groups excluding carboxylic acids is 1. The Morgan fingerprint density at radius 3 is 2.86 bits per heavy atom. The molecule has 148 valence electrons. The second kappa shape index (κ2) is 7.34. The molecule has 2 aromatic heterocycles. The molecule has 1 saturated heterocycles. The van der Waals surface area contributed by atoms with E-state index in [4.69, 9.17) is 0 Å². The lowest BCUT2D eigenvalue weighted by atomic mass is 9.90. The Morgan fingerprint density at radius 1 is 1.29 bits per heavy atom. The number of anilines is 2. The minimum atomic E-state index is -2.78. The van der Waals surface area contributed by atoms with Crippen molar-refractivity contribution in [1.82, 2.24) is 20.3 Å². The zero-order valence-electron chi connectivity index (χ0n) is 15.1. The first-order chi connectivity index (χ1) is 13.4. The molecule has 28 heavy (non-hydrogen) atoms. The molecule has 0 spiro atoms. The third-order valence-electron chi connectivity index (χ3n) is 4.93. The third kappa shape index (κ3) is 3.51. The summed E-state index contributed by atoms with van der Waals surface area (Å²) in [5, 5.41) is 5.79. The molecule has 2 aromatic rings. The van der Waals surface area contributed by atoms with Crippen molar-refractivity contribution in [2.75, 3.05) is 29.9 Å². The standard InChI is InChI=1S/C18H19F3N6O/c1-9-7-27(3-2-22-9)13-5-10(19)4-12(25-13)16-15-11(17(20)21)6-14(28)26-18(15)24-8-23-16/h4-5,8-9,11,17,22H,2-3,6-7H2,1H3,(H,23,24,26,28)/t9-,11+/m0/s1. The first-order valence-electron chi connectivity index (χ1n) is 9.01. The zero-order chi connectivity index (χ0) is 19.8. The van der Waals surface area contributed by atoms with Crippen LogP contribution in [0.3, 0.4) is 0 Å². The second-order valence-corrected chi connectivity index (χ2v) is 7.01. The van der Waals surface area contributed by atoms with Gasteiger partial charge in [0.25, 0.3) is 0 Å². The average Bonchev–Trinajstić information content (AvgIpc) is 2.66. The normalized spacial score (nSPS) is 22.2. The van der Waals surface area contributed by atoms with E-state index < -0.39 is 24.1 Å². The third-order valence-corrected chi connectivity index (χ3v) is 4.93. The van der Waals surface area contributed by atoms with E-state index in [1.807, 2.05) is 11.8 Å². The lowest BCUT2D eigenvalue weighted by Gasteiger charge is -2.33. The fraction of sp³-hybridized carbons (Fsp3) is 0.444. The molecule has 2 aliphatic rings. The number of amides is 1. The number of hydrogen-bond donors (Lipinski definition) is 2. The molecule has 1 fully saturated rings. The van der Waals surface area contributed by atoms with Gasteiger partial charge in [0.15, 0.2) is 0 Å². The van der Waals surface area contributed by atoms with Crippen LogP contribution in [0.15, 0.2) is 18.5 Å². The van der Waals surface area contributed by atoms with Crippen molar-refractivity contribution in [3.05, 3.63) is 29.8 Å². The molecule has 0 radical (unpaired) electrons. The summed E-state index contributed by atoms with van der Waals surface area (Å²) in [5.41, 5.74) is 0.343. The summed E-state index contributed by atoms with van der Waals surface area (Å²) in [6.45, 7) is 4.05. The van der Waals surface area contributed by atoms with Crippen LogP contribution in [0.4, 0.5) is 24.8 Å². The summed E-state index contributed by atoms with van der Waals surface area (Å²) < 4.78 is 41.6. The van der Waals surface area contributed by atoms with Crippen LogP contribution in [-0.4, -0.2) is 53.0 Å². The molecule has 0 unspecified atom stereocenters. The van der Waals surface area contributed by atoms with E-state index in [0.29, 0.717) is 18.9 Å². The number of hydrogen-bond acceptors (Lipinski definition) is 6. The Kier molecular flexibility index (Phi) is 4.88. The topological polar surface area (TPSA) is 83.0 Å². The fourth-order valence-electron chi connectivity index (χ4n) is 3.66. The van der Waals surface area contributed by atoms with Crippen molar-refractivity contribution in [3.63, 3.8) is 0 Å². The van der Waals surface area contributed by atoms with E-state index in [2.05, 4.69) is 25.6 Å². The summed E-state index contributed by atoms with van der Waals surface area (Å²) in [4.78, 5) is 26.2. The second-order valence-electron chi connectivity index (χ2n) is 7.01. The molecular weight excluding hydrogens is 373 g/mol. The lowest BCUT2D eigenvalue weighted by Crippen LogP contribution is -2.49. The highest BCUT2D eigenvalue weighted by Crippen LogP contribution is 2.40. The van der Waals surface area contributed by atoms with Crippen molar-refractivity contribution < 1.29 is 18.0 Å². The van der Waals surface area contributed by atoms with Crippen LogP contribution in [0.5, 0.6) is 0 Å². The van der Waals surface area contributed by atoms with E-state index >= 15 is 0 Å².